The molecule has 0 bridgehead atoms. The van der Waals surface area contributed by atoms with Gasteiger partial charge in [-0.25, -0.2) is 9.50 Å². The van der Waals surface area contributed by atoms with Crippen LogP contribution in [-0.2, 0) is 7.05 Å². The Morgan fingerprint density at radius 1 is 1.13 bits per heavy atom. The van der Waals surface area contributed by atoms with E-state index in [-0.39, 0.29) is 11.8 Å². The third kappa shape index (κ3) is 3.67. The Morgan fingerprint density at radius 3 is 2.84 bits per heavy atom. The molecule has 1 aromatic carbocycles. The number of pyridine rings is 1. The van der Waals surface area contributed by atoms with Gasteiger partial charge in [-0.3, -0.25) is 4.79 Å². The number of benzene rings is 1. The number of ether oxygens (including phenoxy) is 1. The van der Waals surface area contributed by atoms with Gasteiger partial charge in [0.1, 0.15) is 11.4 Å². The van der Waals surface area contributed by atoms with Crippen molar-refractivity contribution in [2.24, 2.45) is 7.05 Å². The molecule has 1 saturated heterocycles. The van der Waals surface area contributed by atoms with Gasteiger partial charge >= 0.3 is 0 Å². The number of methoxy groups -OCH3 is 1. The molecule has 1 amide bonds. The molecular formula is C24H25N5O2. The predicted octanol–water partition coefficient (Wildman–Crippen LogP) is 3.76. The molecule has 1 atom stereocenters. The van der Waals surface area contributed by atoms with Crippen LogP contribution in [0.15, 0.2) is 60.9 Å². The average Bonchev–Trinajstić information content (AvgIpc) is 3.44. The van der Waals surface area contributed by atoms with Gasteiger partial charge in [0.2, 0.25) is 0 Å². The van der Waals surface area contributed by atoms with E-state index in [1.807, 2.05) is 69.8 Å². The maximum Gasteiger partial charge on any atom is 0.270 e. The summed E-state index contributed by atoms with van der Waals surface area (Å²) in [4.78, 5) is 19.6. The number of nitrogens with zero attached hydrogens (tertiary/aromatic N) is 5. The van der Waals surface area contributed by atoms with E-state index >= 15 is 0 Å². The highest BCUT2D eigenvalue weighted by molar-refractivity contribution is 5.92. The van der Waals surface area contributed by atoms with Crippen molar-refractivity contribution >= 4 is 11.6 Å². The number of carbonyl (C=O) groups is 1. The number of amides is 1. The summed E-state index contributed by atoms with van der Waals surface area (Å²) < 4.78 is 9.05. The molecule has 5 rings (SSSR count). The molecule has 0 spiro atoms. The van der Waals surface area contributed by atoms with Crippen molar-refractivity contribution < 1.29 is 9.53 Å². The third-order valence-electron chi connectivity index (χ3n) is 5.99. The largest absolute Gasteiger partial charge is 0.497 e. The minimum Gasteiger partial charge on any atom is -0.497 e. The van der Waals surface area contributed by atoms with Gasteiger partial charge in [0.05, 0.1) is 7.11 Å². The monoisotopic (exact) mass is 415 g/mol. The summed E-state index contributed by atoms with van der Waals surface area (Å²) in [5.74, 6) is 1.83. The summed E-state index contributed by atoms with van der Waals surface area (Å²) in [6.07, 6.45) is 5.83. The van der Waals surface area contributed by atoms with Crippen LogP contribution >= 0.6 is 0 Å². The molecule has 0 N–H and O–H groups in total. The minimum absolute atomic E-state index is 0.0706. The molecule has 3 aromatic heterocycles. The molecule has 7 heteroatoms. The lowest BCUT2D eigenvalue weighted by Gasteiger charge is -2.31. The fourth-order valence-corrected chi connectivity index (χ4v) is 4.26. The molecule has 31 heavy (non-hydrogen) atoms. The quantitative estimate of drug-likeness (QED) is 0.509. The molecule has 0 saturated carbocycles. The van der Waals surface area contributed by atoms with Crippen LogP contribution in [0.2, 0.25) is 0 Å². The van der Waals surface area contributed by atoms with Gasteiger partial charge in [-0.15, -0.1) is 0 Å². The van der Waals surface area contributed by atoms with E-state index in [1.165, 1.54) is 0 Å². The van der Waals surface area contributed by atoms with E-state index in [4.69, 9.17) is 14.8 Å². The van der Waals surface area contributed by atoms with Crippen LogP contribution in [0.25, 0.3) is 16.8 Å². The van der Waals surface area contributed by atoms with Crippen molar-refractivity contribution in [3.8, 4) is 16.9 Å². The van der Waals surface area contributed by atoms with Crippen molar-refractivity contribution in [2.45, 2.75) is 18.8 Å². The smallest absolute Gasteiger partial charge is 0.270 e. The van der Waals surface area contributed by atoms with Crippen molar-refractivity contribution in [1.29, 1.82) is 0 Å². The molecule has 158 valence electrons. The molecule has 4 heterocycles. The van der Waals surface area contributed by atoms with Crippen LogP contribution in [-0.4, -0.2) is 50.2 Å². The van der Waals surface area contributed by atoms with Crippen LogP contribution in [0.3, 0.4) is 0 Å². The Labute approximate surface area is 180 Å². The fourth-order valence-electron chi connectivity index (χ4n) is 4.26. The Kier molecular flexibility index (Phi) is 4.94. The second kappa shape index (κ2) is 7.91. The number of rotatable bonds is 4. The lowest BCUT2D eigenvalue weighted by molar-refractivity contribution is 0.0695. The third-order valence-corrected chi connectivity index (χ3v) is 5.99. The SMILES string of the molecule is COc1cccc(-c2ccc3nc(C4CCCN(C(=O)c5cccn5C)C4)nn3c2)c1. The Balaban J connectivity index is 1.40. The van der Waals surface area contributed by atoms with Gasteiger partial charge in [0, 0.05) is 44.0 Å². The number of likely N-dealkylation sites (tertiary alicyclic amines) is 1. The standard InChI is InChI=1S/C24H25N5O2/c1-27-12-5-9-21(27)24(30)28-13-4-7-19(15-28)23-25-22-11-10-18(16-29(22)26-23)17-6-3-8-20(14-17)31-2/h3,5-6,8-12,14,16,19H,4,7,13,15H2,1-2H3. The molecule has 1 unspecified atom stereocenters. The minimum atomic E-state index is 0.0706. The number of piperidine rings is 1. The Bertz CT molecular complexity index is 1240. The highest BCUT2D eigenvalue weighted by Gasteiger charge is 2.28. The first-order valence-corrected chi connectivity index (χ1v) is 10.5. The summed E-state index contributed by atoms with van der Waals surface area (Å²) in [6.45, 7) is 1.41. The zero-order valence-electron chi connectivity index (χ0n) is 17.7. The molecule has 7 nitrogen and oxygen atoms in total. The van der Waals surface area contributed by atoms with Crippen LogP contribution in [0.1, 0.15) is 35.1 Å². The average molecular weight is 415 g/mol. The number of hydrogen-bond acceptors (Lipinski definition) is 4. The van der Waals surface area contributed by atoms with Gasteiger partial charge in [-0.05, 0) is 54.8 Å². The molecule has 1 fully saturated rings. The van der Waals surface area contributed by atoms with Crippen molar-refractivity contribution in [2.75, 3.05) is 20.2 Å². The normalized spacial score (nSPS) is 16.6. The molecular weight excluding hydrogens is 390 g/mol. The first-order valence-electron chi connectivity index (χ1n) is 10.5. The van der Waals surface area contributed by atoms with Crippen molar-refractivity contribution in [3.63, 3.8) is 0 Å². The van der Waals surface area contributed by atoms with Gasteiger partial charge in [0.15, 0.2) is 11.5 Å². The second-order valence-corrected chi connectivity index (χ2v) is 8.02. The lowest BCUT2D eigenvalue weighted by atomic mass is 9.97. The summed E-state index contributed by atoms with van der Waals surface area (Å²) >= 11 is 0. The summed E-state index contributed by atoms with van der Waals surface area (Å²) in [5, 5.41) is 4.77. The maximum absolute atomic E-state index is 12.9. The summed E-state index contributed by atoms with van der Waals surface area (Å²) in [5.41, 5.74) is 3.64. The van der Waals surface area contributed by atoms with Crippen LogP contribution in [0.5, 0.6) is 5.75 Å². The number of fused-ring (bicyclic) bond motifs is 1. The van der Waals surface area contributed by atoms with Crippen molar-refractivity contribution in [3.05, 3.63) is 72.4 Å². The molecule has 1 aliphatic heterocycles. The molecule has 0 radical (unpaired) electrons. The van der Waals surface area contributed by atoms with Crippen LogP contribution in [0.4, 0.5) is 0 Å². The van der Waals surface area contributed by atoms with Gasteiger partial charge in [-0.2, -0.15) is 5.10 Å². The zero-order valence-corrected chi connectivity index (χ0v) is 17.7. The summed E-state index contributed by atoms with van der Waals surface area (Å²) in [7, 11) is 3.57. The van der Waals surface area contributed by atoms with E-state index in [9.17, 15) is 4.79 Å². The van der Waals surface area contributed by atoms with E-state index in [2.05, 4.69) is 12.1 Å². The van der Waals surface area contributed by atoms with Gasteiger partial charge in [0.25, 0.3) is 5.91 Å². The number of aromatic nitrogens is 4. The molecule has 0 aliphatic carbocycles. The van der Waals surface area contributed by atoms with Gasteiger partial charge in [-0.1, -0.05) is 12.1 Å². The predicted molar refractivity (Wildman–Crippen MR) is 118 cm³/mol. The molecule has 4 aromatic rings. The first-order chi connectivity index (χ1) is 15.1. The van der Waals surface area contributed by atoms with Gasteiger partial charge < -0.3 is 14.2 Å². The van der Waals surface area contributed by atoms with Crippen molar-refractivity contribution in [1.82, 2.24) is 24.1 Å². The highest BCUT2D eigenvalue weighted by Crippen LogP contribution is 2.28. The second-order valence-electron chi connectivity index (χ2n) is 8.02. The van der Waals surface area contributed by atoms with Crippen LogP contribution < -0.4 is 4.74 Å². The first kappa shape index (κ1) is 19.4. The number of carbonyl (C=O) groups excluding carboxylic acids is 1. The number of hydrogen-bond donors (Lipinski definition) is 0. The van der Waals surface area contributed by atoms with E-state index < -0.39 is 0 Å². The zero-order chi connectivity index (χ0) is 21.4. The highest BCUT2D eigenvalue weighted by atomic mass is 16.5. The summed E-state index contributed by atoms with van der Waals surface area (Å²) in [6, 6.07) is 15.8. The Morgan fingerprint density at radius 2 is 2.03 bits per heavy atom. The number of aryl methyl sites for hydroxylation is 1. The topological polar surface area (TPSA) is 64.7 Å². The molecule has 1 aliphatic rings. The fraction of sp³-hybridized carbons (Fsp3) is 0.292. The maximum atomic E-state index is 12.9. The van der Waals surface area contributed by atoms with E-state index in [1.54, 1.807) is 7.11 Å². The van der Waals surface area contributed by atoms with Crippen LogP contribution in [0, 0.1) is 0 Å². The lowest BCUT2D eigenvalue weighted by Crippen LogP contribution is -2.40. The van der Waals surface area contributed by atoms with E-state index in [0.717, 1.165) is 47.7 Å². The van der Waals surface area contributed by atoms with E-state index in [0.29, 0.717) is 12.2 Å². The Hall–Kier alpha value is -3.61.